The van der Waals surface area contributed by atoms with Gasteiger partial charge in [-0.05, 0) is 65.4 Å². The van der Waals surface area contributed by atoms with Gasteiger partial charge in [-0.15, -0.1) is 0 Å². The molecule has 0 radical (unpaired) electrons. The van der Waals surface area contributed by atoms with Gasteiger partial charge >= 0.3 is 6.09 Å². The summed E-state index contributed by atoms with van der Waals surface area (Å²) < 4.78 is 12.5. The van der Waals surface area contributed by atoms with Crippen molar-refractivity contribution in [3.63, 3.8) is 0 Å². The number of pyridine rings is 1. The SMILES string of the molecule is CC(C)(C)OC(=O)NC(CO)Cc1oc2c(I)cc(Cl)nc2c1Br. The van der Waals surface area contributed by atoms with E-state index < -0.39 is 17.7 Å². The Morgan fingerprint density at radius 1 is 1.58 bits per heavy atom. The second-order valence-electron chi connectivity index (χ2n) is 6.17. The molecule has 9 heteroatoms. The number of rotatable bonds is 4. The van der Waals surface area contributed by atoms with Crippen LogP contribution in [0.25, 0.3) is 11.1 Å². The number of furan rings is 1. The summed E-state index contributed by atoms with van der Waals surface area (Å²) in [6.07, 6.45) is -0.315. The van der Waals surface area contributed by atoms with E-state index in [2.05, 4.69) is 48.8 Å². The number of ether oxygens (including phenoxy) is 1. The summed E-state index contributed by atoms with van der Waals surface area (Å²) in [7, 11) is 0. The number of fused-ring (bicyclic) bond motifs is 1. The predicted octanol–water partition coefficient (Wildman–Crippen LogP) is 4.28. The quantitative estimate of drug-likeness (QED) is 0.455. The number of aromatic nitrogens is 1. The fourth-order valence-corrected chi connectivity index (χ4v) is 3.56. The molecule has 1 atom stereocenters. The van der Waals surface area contributed by atoms with Crippen LogP contribution in [-0.2, 0) is 11.2 Å². The first-order valence-electron chi connectivity index (χ1n) is 7.14. The van der Waals surface area contributed by atoms with Crippen LogP contribution in [0, 0.1) is 3.57 Å². The van der Waals surface area contributed by atoms with E-state index in [1.54, 1.807) is 26.8 Å². The second kappa shape index (κ2) is 7.76. The van der Waals surface area contributed by atoms with Crippen LogP contribution in [0.15, 0.2) is 15.0 Å². The number of carbonyl (C=O) groups excluding carboxylic acids is 1. The highest BCUT2D eigenvalue weighted by Crippen LogP contribution is 2.34. The molecule has 2 rings (SSSR count). The van der Waals surface area contributed by atoms with Gasteiger partial charge in [0.15, 0.2) is 5.58 Å². The lowest BCUT2D eigenvalue weighted by molar-refractivity contribution is 0.0481. The molecule has 0 aliphatic rings. The number of carbonyl (C=O) groups is 1. The highest BCUT2D eigenvalue weighted by molar-refractivity contribution is 14.1. The molecule has 132 valence electrons. The highest BCUT2D eigenvalue weighted by atomic mass is 127. The number of hydrogen-bond acceptors (Lipinski definition) is 5. The van der Waals surface area contributed by atoms with Gasteiger partial charge in [0.25, 0.3) is 0 Å². The van der Waals surface area contributed by atoms with Crippen molar-refractivity contribution in [1.29, 1.82) is 0 Å². The first-order chi connectivity index (χ1) is 11.1. The Morgan fingerprint density at radius 2 is 2.25 bits per heavy atom. The third kappa shape index (κ3) is 4.96. The Hall–Kier alpha value is -0.580. The van der Waals surface area contributed by atoms with Gasteiger partial charge in [0.05, 0.1) is 20.7 Å². The lowest BCUT2D eigenvalue weighted by Crippen LogP contribution is -2.42. The summed E-state index contributed by atoms with van der Waals surface area (Å²) in [4.78, 5) is 16.1. The first kappa shape index (κ1) is 19.7. The predicted molar refractivity (Wildman–Crippen MR) is 103 cm³/mol. The molecule has 2 aromatic rings. The van der Waals surface area contributed by atoms with Crippen molar-refractivity contribution in [3.05, 3.63) is 25.0 Å². The molecule has 0 spiro atoms. The van der Waals surface area contributed by atoms with Crippen molar-refractivity contribution in [2.45, 2.75) is 38.8 Å². The zero-order valence-corrected chi connectivity index (χ0v) is 17.8. The summed E-state index contributed by atoms with van der Waals surface area (Å²) in [6, 6.07) is 1.15. The van der Waals surface area contributed by atoms with Crippen LogP contribution < -0.4 is 5.32 Å². The molecule has 0 fully saturated rings. The average molecular weight is 532 g/mol. The van der Waals surface area contributed by atoms with Gasteiger partial charge in [0.2, 0.25) is 0 Å². The minimum Gasteiger partial charge on any atom is -0.457 e. The molecule has 24 heavy (non-hydrogen) atoms. The van der Waals surface area contributed by atoms with Crippen molar-refractivity contribution in [1.82, 2.24) is 10.3 Å². The van der Waals surface area contributed by atoms with Gasteiger partial charge in [0.1, 0.15) is 22.0 Å². The summed E-state index contributed by atoms with van der Waals surface area (Å²) in [5.74, 6) is 0.563. The van der Waals surface area contributed by atoms with Crippen molar-refractivity contribution >= 4 is 67.3 Å². The van der Waals surface area contributed by atoms with Crippen molar-refractivity contribution in [2.75, 3.05) is 6.61 Å². The molecule has 6 nitrogen and oxygen atoms in total. The fraction of sp³-hybridized carbons (Fsp3) is 0.467. The third-order valence-corrected chi connectivity index (χ3v) is 4.76. The number of alkyl carbamates (subject to hydrolysis) is 1. The summed E-state index contributed by atoms with van der Waals surface area (Å²) in [5.41, 5.74) is 0.604. The largest absolute Gasteiger partial charge is 0.457 e. The van der Waals surface area contributed by atoms with E-state index in [-0.39, 0.29) is 13.0 Å². The summed E-state index contributed by atoms with van der Waals surface area (Å²) >= 11 is 11.5. The Morgan fingerprint density at radius 3 is 2.83 bits per heavy atom. The van der Waals surface area contributed by atoms with Gasteiger partial charge in [0, 0.05) is 6.42 Å². The van der Waals surface area contributed by atoms with Gasteiger partial charge in [-0.3, -0.25) is 0 Å². The van der Waals surface area contributed by atoms with Crippen LogP contribution in [0.1, 0.15) is 26.5 Å². The number of hydrogen-bond donors (Lipinski definition) is 2. The zero-order valence-electron chi connectivity index (χ0n) is 13.3. The van der Waals surface area contributed by atoms with Gasteiger partial charge < -0.3 is 19.6 Å². The van der Waals surface area contributed by atoms with Crippen molar-refractivity contribution < 1.29 is 19.1 Å². The fourth-order valence-electron chi connectivity index (χ4n) is 2.01. The van der Waals surface area contributed by atoms with Crippen LogP contribution in [0.3, 0.4) is 0 Å². The Labute approximate surface area is 166 Å². The molecule has 0 bridgehead atoms. The minimum absolute atomic E-state index is 0.256. The molecule has 0 aliphatic carbocycles. The van der Waals surface area contributed by atoms with Crippen LogP contribution in [0.4, 0.5) is 4.79 Å². The smallest absolute Gasteiger partial charge is 0.407 e. The van der Waals surface area contributed by atoms with E-state index in [1.165, 1.54) is 0 Å². The van der Waals surface area contributed by atoms with E-state index in [0.717, 1.165) is 3.57 Å². The van der Waals surface area contributed by atoms with E-state index in [4.69, 9.17) is 20.8 Å². The van der Waals surface area contributed by atoms with Gasteiger partial charge in [-0.1, -0.05) is 11.6 Å². The van der Waals surface area contributed by atoms with E-state index >= 15 is 0 Å². The molecule has 0 saturated carbocycles. The van der Waals surface area contributed by atoms with Gasteiger partial charge in [-0.2, -0.15) is 0 Å². The Balaban J connectivity index is 2.19. The topological polar surface area (TPSA) is 84.6 Å². The number of nitrogens with zero attached hydrogens (tertiary/aromatic N) is 1. The molecule has 2 heterocycles. The van der Waals surface area contributed by atoms with Crippen LogP contribution in [0.5, 0.6) is 0 Å². The minimum atomic E-state index is -0.610. The third-order valence-electron chi connectivity index (χ3n) is 2.95. The van der Waals surface area contributed by atoms with E-state index in [0.29, 0.717) is 26.5 Å². The number of nitrogens with one attached hydrogen (secondary N) is 1. The summed E-state index contributed by atoms with van der Waals surface area (Å²) in [6.45, 7) is 5.06. The number of aliphatic hydroxyl groups excluding tert-OH is 1. The van der Waals surface area contributed by atoms with Crippen LogP contribution in [-0.4, -0.2) is 34.4 Å². The van der Waals surface area contributed by atoms with Crippen molar-refractivity contribution in [3.8, 4) is 0 Å². The Kier molecular flexibility index (Phi) is 6.38. The molecule has 0 aliphatic heterocycles. The normalized spacial score (nSPS) is 13.1. The second-order valence-corrected chi connectivity index (χ2v) is 8.52. The molecular weight excluding hydrogens is 514 g/mol. The van der Waals surface area contributed by atoms with Crippen LogP contribution in [0.2, 0.25) is 5.15 Å². The number of aliphatic hydroxyl groups is 1. The number of halogens is 3. The number of amides is 1. The molecule has 2 aromatic heterocycles. The van der Waals surface area contributed by atoms with Gasteiger partial charge in [-0.25, -0.2) is 9.78 Å². The van der Waals surface area contributed by atoms with E-state index in [1.807, 2.05) is 0 Å². The maximum Gasteiger partial charge on any atom is 0.407 e. The molecule has 0 saturated heterocycles. The lowest BCUT2D eigenvalue weighted by Gasteiger charge is -2.22. The Bertz CT molecular complexity index is 760. The molecule has 1 amide bonds. The van der Waals surface area contributed by atoms with Crippen molar-refractivity contribution in [2.24, 2.45) is 0 Å². The summed E-state index contributed by atoms with van der Waals surface area (Å²) in [5, 5.41) is 12.5. The molecule has 1 unspecified atom stereocenters. The standard InChI is InChI=1S/C15H17BrClIN2O4/c1-15(2,3)24-14(22)19-7(6-21)4-9-11(16)12-13(23-9)8(18)5-10(17)20-12/h5,7,21H,4,6H2,1-3H3,(H,19,22). The molecule has 0 aromatic carbocycles. The first-order valence-corrected chi connectivity index (χ1v) is 9.39. The monoisotopic (exact) mass is 530 g/mol. The molecular formula is C15H17BrClIN2O4. The maximum atomic E-state index is 11.9. The molecule has 2 N–H and O–H groups in total. The zero-order chi connectivity index (χ0) is 18.1. The maximum absolute atomic E-state index is 11.9. The van der Waals surface area contributed by atoms with Crippen LogP contribution >= 0.6 is 50.1 Å². The highest BCUT2D eigenvalue weighted by Gasteiger charge is 2.23. The van der Waals surface area contributed by atoms with E-state index in [9.17, 15) is 9.90 Å². The lowest BCUT2D eigenvalue weighted by atomic mass is 10.2. The average Bonchev–Trinajstić information content (AvgIpc) is 2.74.